The standard InChI is InChI=1S/C16H19FN2/c1-19(16-8-4-7-15(17)11-16)12-14-6-3-2-5-13(14)9-10-18/h2-8,11H,9-10,12,18H2,1H3. The van der Waals surface area contributed by atoms with Gasteiger partial charge in [-0.15, -0.1) is 0 Å². The van der Waals surface area contributed by atoms with E-state index >= 15 is 0 Å². The summed E-state index contributed by atoms with van der Waals surface area (Å²) in [6.07, 6.45) is 0.868. The first-order valence-corrected chi connectivity index (χ1v) is 6.44. The lowest BCUT2D eigenvalue weighted by Crippen LogP contribution is -2.18. The molecule has 2 aromatic rings. The third-order valence-electron chi connectivity index (χ3n) is 3.19. The van der Waals surface area contributed by atoms with Gasteiger partial charge in [-0.3, -0.25) is 0 Å². The molecule has 0 bridgehead atoms. The first-order chi connectivity index (χ1) is 9.20. The van der Waals surface area contributed by atoms with Crippen LogP contribution in [0.4, 0.5) is 10.1 Å². The first kappa shape index (κ1) is 13.6. The Balaban J connectivity index is 2.16. The Hall–Kier alpha value is -1.87. The van der Waals surface area contributed by atoms with Crippen molar-refractivity contribution in [1.82, 2.24) is 0 Å². The van der Waals surface area contributed by atoms with Crippen LogP contribution >= 0.6 is 0 Å². The van der Waals surface area contributed by atoms with Gasteiger partial charge >= 0.3 is 0 Å². The van der Waals surface area contributed by atoms with Crippen molar-refractivity contribution in [2.24, 2.45) is 5.73 Å². The number of benzene rings is 2. The van der Waals surface area contributed by atoms with Gasteiger partial charge in [0, 0.05) is 19.3 Å². The molecule has 0 aliphatic rings. The molecule has 0 aliphatic heterocycles. The number of nitrogens with two attached hydrogens (primary N) is 1. The summed E-state index contributed by atoms with van der Waals surface area (Å²) in [5.41, 5.74) is 9.00. The predicted molar refractivity (Wildman–Crippen MR) is 77.7 cm³/mol. The molecule has 0 aliphatic carbocycles. The number of nitrogens with zero attached hydrogens (tertiary/aromatic N) is 1. The molecule has 2 aromatic carbocycles. The van der Waals surface area contributed by atoms with Crippen molar-refractivity contribution in [3.63, 3.8) is 0 Å². The van der Waals surface area contributed by atoms with Crippen molar-refractivity contribution in [2.75, 3.05) is 18.5 Å². The van der Waals surface area contributed by atoms with Crippen molar-refractivity contribution >= 4 is 5.69 Å². The lowest BCUT2D eigenvalue weighted by molar-refractivity contribution is 0.627. The number of hydrogen-bond acceptors (Lipinski definition) is 2. The minimum atomic E-state index is -0.209. The summed E-state index contributed by atoms with van der Waals surface area (Å²) in [7, 11) is 1.97. The van der Waals surface area contributed by atoms with Gasteiger partial charge in [0.05, 0.1) is 0 Å². The van der Waals surface area contributed by atoms with Gasteiger partial charge in [0.15, 0.2) is 0 Å². The second kappa shape index (κ2) is 6.34. The second-order valence-corrected chi connectivity index (χ2v) is 4.64. The van der Waals surface area contributed by atoms with Crippen molar-refractivity contribution in [1.29, 1.82) is 0 Å². The first-order valence-electron chi connectivity index (χ1n) is 6.44. The lowest BCUT2D eigenvalue weighted by atomic mass is 10.0. The van der Waals surface area contributed by atoms with Crippen LogP contribution in [0.2, 0.25) is 0 Å². The molecular formula is C16H19FN2. The van der Waals surface area contributed by atoms with E-state index in [1.807, 2.05) is 30.1 Å². The van der Waals surface area contributed by atoms with E-state index in [1.54, 1.807) is 12.1 Å². The fourth-order valence-electron chi connectivity index (χ4n) is 2.17. The third kappa shape index (κ3) is 3.55. The largest absolute Gasteiger partial charge is 0.370 e. The molecule has 0 saturated carbocycles. The minimum absolute atomic E-state index is 0.209. The van der Waals surface area contributed by atoms with Gasteiger partial charge in [-0.25, -0.2) is 4.39 Å². The maximum absolute atomic E-state index is 13.2. The average Bonchev–Trinajstić information content (AvgIpc) is 2.41. The quantitative estimate of drug-likeness (QED) is 0.893. The molecule has 0 amide bonds. The summed E-state index contributed by atoms with van der Waals surface area (Å²) in [5, 5.41) is 0. The van der Waals surface area contributed by atoms with Crippen LogP contribution in [0.1, 0.15) is 11.1 Å². The Morgan fingerprint density at radius 1 is 1.05 bits per heavy atom. The van der Waals surface area contributed by atoms with Gasteiger partial charge < -0.3 is 10.6 Å². The lowest BCUT2D eigenvalue weighted by Gasteiger charge is -2.21. The topological polar surface area (TPSA) is 29.3 Å². The molecular weight excluding hydrogens is 239 g/mol. The smallest absolute Gasteiger partial charge is 0.125 e. The van der Waals surface area contributed by atoms with Crippen LogP contribution in [0.15, 0.2) is 48.5 Å². The van der Waals surface area contributed by atoms with E-state index in [-0.39, 0.29) is 5.82 Å². The molecule has 2 nitrogen and oxygen atoms in total. The Bertz CT molecular complexity index is 540. The SMILES string of the molecule is CN(Cc1ccccc1CCN)c1cccc(F)c1. The minimum Gasteiger partial charge on any atom is -0.370 e. The number of hydrogen-bond donors (Lipinski definition) is 1. The van der Waals surface area contributed by atoms with Crippen molar-refractivity contribution in [3.8, 4) is 0 Å². The Morgan fingerprint density at radius 3 is 2.47 bits per heavy atom. The maximum atomic E-state index is 13.2. The van der Waals surface area contributed by atoms with Crippen LogP contribution in [-0.4, -0.2) is 13.6 Å². The predicted octanol–water partition coefficient (Wildman–Crippen LogP) is 2.96. The van der Waals surface area contributed by atoms with E-state index in [0.29, 0.717) is 6.54 Å². The van der Waals surface area contributed by atoms with Crippen molar-refractivity contribution in [3.05, 3.63) is 65.5 Å². The van der Waals surface area contributed by atoms with E-state index in [4.69, 9.17) is 5.73 Å². The van der Waals surface area contributed by atoms with Crippen LogP contribution in [0, 0.1) is 5.82 Å². The molecule has 2 rings (SSSR count). The van der Waals surface area contributed by atoms with Gasteiger partial charge in [-0.05, 0) is 42.3 Å². The highest BCUT2D eigenvalue weighted by molar-refractivity contribution is 5.46. The summed E-state index contributed by atoms with van der Waals surface area (Å²) in [5.74, 6) is -0.209. The molecule has 100 valence electrons. The van der Waals surface area contributed by atoms with Gasteiger partial charge in [-0.2, -0.15) is 0 Å². The fourth-order valence-corrected chi connectivity index (χ4v) is 2.17. The Kier molecular flexibility index (Phi) is 4.53. The summed E-state index contributed by atoms with van der Waals surface area (Å²) >= 11 is 0. The number of rotatable bonds is 5. The fraction of sp³-hybridized carbons (Fsp3) is 0.250. The molecule has 3 heteroatoms. The van der Waals surface area contributed by atoms with E-state index in [2.05, 4.69) is 12.1 Å². The molecule has 0 spiro atoms. The monoisotopic (exact) mass is 258 g/mol. The van der Waals surface area contributed by atoms with E-state index < -0.39 is 0 Å². The van der Waals surface area contributed by atoms with E-state index in [1.165, 1.54) is 17.2 Å². The zero-order valence-corrected chi connectivity index (χ0v) is 11.1. The third-order valence-corrected chi connectivity index (χ3v) is 3.19. The highest BCUT2D eigenvalue weighted by Gasteiger charge is 2.06. The molecule has 0 heterocycles. The van der Waals surface area contributed by atoms with Crippen LogP contribution in [-0.2, 0) is 13.0 Å². The zero-order chi connectivity index (χ0) is 13.7. The molecule has 0 fully saturated rings. The average molecular weight is 258 g/mol. The molecule has 19 heavy (non-hydrogen) atoms. The van der Waals surface area contributed by atoms with Crippen LogP contribution in [0.5, 0.6) is 0 Å². The van der Waals surface area contributed by atoms with Crippen LogP contribution in [0.25, 0.3) is 0 Å². The van der Waals surface area contributed by atoms with E-state index in [0.717, 1.165) is 18.7 Å². The molecule has 0 radical (unpaired) electrons. The Morgan fingerprint density at radius 2 is 1.79 bits per heavy atom. The van der Waals surface area contributed by atoms with Gasteiger partial charge in [0.25, 0.3) is 0 Å². The maximum Gasteiger partial charge on any atom is 0.125 e. The highest BCUT2D eigenvalue weighted by Crippen LogP contribution is 2.18. The van der Waals surface area contributed by atoms with Crippen LogP contribution in [0.3, 0.4) is 0 Å². The highest BCUT2D eigenvalue weighted by atomic mass is 19.1. The van der Waals surface area contributed by atoms with Crippen molar-refractivity contribution < 1.29 is 4.39 Å². The van der Waals surface area contributed by atoms with Gasteiger partial charge in [0.2, 0.25) is 0 Å². The van der Waals surface area contributed by atoms with Gasteiger partial charge in [0.1, 0.15) is 5.82 Å². The molecule has 0 atom stereocenters. The number of anilines is 1. The van der Waals surface area contributed by atoms with Crippen molar-refractivity contribution in [2.45, 2.75) is 13.0 Å². The molecule has 0 unspecified atom stereocenters. The summed E-state index contributed by atoms with van der Waals surface area (Å²) in [6, 6.07) is 14.9. The molecule has 0 aromatic heterocycles. The normalized spacial score (nSPS) is 10.5. The Labute approximate surface area is 113 Å². The van der Waals surface area contributed by atoms with E-state index in [9.17, 15) is 4.39 Å². The zero-order valence-electron chi connectivity index (χ0n) is 11.1. The molecule has 0 saturated heterocycles. The summed E-state index contributed by atoms with van der Waals surface area (Å²) < 4.78 is 13.2. The second-order valence-electron chi connectivity index (χ2n) is 4.64. The molecule has 2 N–H and O–H groups in total. The summed E-state index contributed by atoms with van der Waals surface area (Å²) in [6.45, 7) is 1.39. The number of halogens is 1. The van der Waals surface area contributed by atoms with Crippen LogP contribution < -0.4 is 10.6 Å². The summed E-state index contributed by atoms with van der Waals surface area (Å²) in [4.78, 5) is 2.04. The van der Waals surface area contributed by atoms with Gasteiger partial charge in [-0.1, -0.05) is 30.3 Å².